The van der Waals surface area contributed by atoms with Crippen molar-refractivity contribution in [3.8, 4) is 11.8 Å². The Hall–Kier alpha value is -2.31. The zero-order valence-electron chi connectivity index (χ0n) is 11.4. The number of aliphatic hydroxyl groups excluding tert-OH is 1. The molecule has 0 aliphatic carbocycles. The zero-order valence-corrected chi connectivity index (χ0v) is 11.4. The van der Waals surface area contributed by atoms with Crippen LogP contribution in [0.1, 0.15) is 36.1 Å². The van der Waals surface area contributed by atoms with Gasteiger partial charge in [0, 0.05) is 0 Å². The van der Waals surface area contributed by atoms with E-state index < -0.39 is 6.10 Å². The van der Waals surface area contributed by atoms with E-state index in [9.17, 15) is 5.11 Å². The minimum atomic E-state index is -0.420. The van der Waals surface area contributed by atoms with E-state index in [1.54, 1.807) is 6.07 Å². The Morgan fingerprint density at radius 3 is 2.60 bits per heavy atom. The number of aliphatic hydroxyl groups is 1. The summed E-state index contributed by atoms with van der Waals surface area (Å²) in [5.74, 6) is 0.749. The summed E-state index contributed by atoms with van der Waals surface area (Å²) in [7, 11) is 0. The van der Waals surface area contributed by atoms with Crippen molar-refractivity contribution in [2.24, 2.45) is 0 Å². The van der Waals surface area contributed by atoms with Crippen LogP contribution in [-0.2, 0) is 6.61 Å². The van der Waals surface area contributed by atoms with E-state index in [0.717, 1.165) is 16.9 Å². The van der Waals surface area contributed by atoms with E-state index in [2.05, 4.69) is 6.07 Å². The molecule has 0 aliphatic rings. The third kappa shape index (κ3) is 3.59. The summed E-state index contributed by atoms with van der Waals surface area (Å²) >= 11 is 0. The summed E-state index contributed by atoms with van der Waals surface area (Å²) in [5.41, 5.74) is 2.49. The second-order valence-electron chi connectivity index (χ2n) is 4.59. The lowest BCUT2D eigenvalue weighted by Gasteiger charge is -2.10. The highest BCUT2D eigenvalue weighted by atomic mass is 16.5. The van der Waals surface area contributed by atoms with Crippen molar-refractivity contribution in [2.75, 3.05) is 0 Å². The highest BCUT2D eigenvalue weighted by Gasteiger charge is 2.04. The van der Waals surface area contributed by atoms with Gasteiger partial charge in [0.25, 0.3) is 0 Å². The maximum absolute atomic E-state index is 9.71. The molecule has 20 heavy (non-hydrogen) atoms. The third-order valence-corrected chi connectivity index (χ3v) is 3.11. The number of benzene rings is 2. The van der Waals surface area contributed by atoms with Crippen molar-refractivity contribution < 1.29 is 9.84 Å². The molecule has 0 fully saturated rings. The minimum Gasteiger partial charge on any atom is -0.489 e. The maximum atomic E-state index is 9.71. The first-order valence-electron chi connectivity index (χ1n) is 6.62. The molecule has 0 bridgehead atoms. The number of nitrogens with zero attached hydrogens (tertiary/aromatic N) is 1. The molecule has 0 aromatic heterocycles. The topological polar surface area (TPSA) is 53.2 Å². The molecule has 0 aliphatic heterocycles. The van der Waals surface area contributed by atoms with Crippen molar-refractivity contribution in [3.63, 3.8) is 0 Å². The summed E-state index contributed by atoms with van der Waals surface area (Å²) in [6, 6.07) is 16.9. The van der Waals surface area contributed by atoms with Gasteiger partial charge in [-0.1, -0.05) is 31.2 Å². The van der Waals surface area contributed by atoms with Gasteiger partial charge in [0.05, 0.1) is 17.7 Å². The highest BCUT2D eigenvalue weighted by molar-refractivity contribution is 5.33. The molecule has 1 atom stereocenters. The van der Waals surface area contributed by atoms with Gasteiger partial charge in [-0.05, 0) is 41.8 Å². The first-order chi connectivity index (χ1) is 9.72. The van der Waals surface area contributed by atoms with E-state index in [1.165, 1.54) is 0 Å². The van der Waals surface area contributed by atoms with Crippen LogP contribution < -0.4 is 4.74 Å². The lowest BCUT2D eigenvalue weighted by Crippen LogP contribution is -1.97. The smallest absolute Gasteiger partial charge is 0.119 e. The highest BCUT2D eigenvalue weighted by Crippen LogP contribution is 2.20. The van der Waals surface area contributed by atoms with Crippen molar-refractivity contribution in [1.29, 1.82) is 5.26 Å². The summed E-state index contributed by atoms with van der Waals surface area (Å²) in [6.07, 6.45) is 0.276. The van der Waals surface area contributed by atoms with Crippen LogP contribution in [0.15, 0.2) is 48.5 Å². The van der Waals surface area contributed by atoms with Crippen LogP contribution in [0.5, 0.6) is 5.75 Å². The van der Waals surface area contributed by atoms with Crippen LogP contribution in [0.25, 0.3) is 0 Å². The SMILES string of the molecule is CC[C@H](O)c1ccc(OCc2cccc(C#N)c2)cc1. The van der Waals surface area contributed by atoms with Gasteiger partial charge in [-0.25, -0.2) is 0 Å². The Bertz CT molecular complexity index is 599. The molecule has 0 saturated heterocycles. The second-order valence-corrected chi connectivity index (χ2v) is 4.59. The second kappa shape index (κ2) is 6.74. The van der Waals surface area contributed by atoms with Crippen LogP contribution in [0.3, 0.4) is 0 Å². The van der Waals surface area contributed by atoms with Gasteiger partial charge in [-0.15, -0.1) is 0 Å². The fourth-order valence-corrected chi connectivity index (χ4v) is 1.92. The largest absolute Gasteiger partial charge is 0.489 e. The van der Waals surface area contributed by atoms with Crippen LogP contribution >= 0.6 is 0 Å². The van der Waals surface area contributed by atoms with Gasteiger partial charge >= 0.3 is 0 Å². The standard InChI is InChI=1S/C17H17NO2/c1-2-17(19)15-6-8-16(9-7-15)20-12-14-5-3-4-13(10-14)11-18/h3-10,17,19H,2,12H2,1H3/t17-/m0/s1. The molecule has 0 unspecified atom stereocenters. The molecule has 3 heteroatoms. The molecule has 102 valence electrons. The monoisotopic (exact) mass is 267 g/mol. The summed E-state index contributed by atoms with van der Waals surface area (Å²) < 4.78 is 5.67. The van der Waals surface area contributed by atoms with E-state index in [4.69, 9.17) is 10.00 Å². The molecular weight excluding hydrogens is 250 g/mol. The van der Waals surface area contributed by atoms with Crippen LogP contribution in [0, 0.1) is 11.3 Å². The van der Waals surface area contributed by atoms with E-state index in [1.807, 2.05) is 49.4 Å². The lowest BCUT2D eigenvalue weighted by atomic mass is 10.1. The average molecular weight is 267 g/mol. The van der Waals surface area contributed by atoms with Crippen LogP contribution in [-0.4, -0.2) is 5.11 Å². The quantitative estimate of drug-likeness (QED) is 0.900. The molecular formula is C17H17NO2. The van der Waals surface area contributed by atoms with Gasteiger partial charge in [0.15, 0.2) is 0 Å². The number of hydrogen-bond acceptors (Lipinski definition) is 3. The Morgan fingerprint density at radius 2 is 1.95 bits per heavy atom. The molecule has 0 amide bonds. The zero-order chi connectivity index (χ0) is 14.4. The number of hydrogen-bond donors (Lipinski definition) is 1. The van der Waals surface area contributed by atoms with E-state index >= 15 is 0 Å². The summed E-state index contributed by atoms with van der Waals surface area (Å²) in [6.45, 7) is 2.36. The normalized spacial score (nSPS) is 11.7. The predicted molar refractivity (Wildman–Crippen MR) is 77.2 cm³/mol. The summed E-state index contributed by atoms with van der Waals surface area (Å²) in [4.78, 5) is 0. The van der Waals surface area contributed by atoms with Gasteiger partial charge in [0.2, 0.25) is 0 Å². The van der Waals surface area contributed by atoms with Crippen LogP contribution in [0.2, 0.25) is 0 Å². The molecule has 2 rings (SSSR count). The Morgan fingerprint density at radius 1 is 1.20 bits per heavy atom. The maximum Gasteiger partial charge on any atom is 0.119 e. The molecule has 1 N–H and O–H groups in total. The predicted octanol–water partition coefficient (Wildman–Crippen LogP) is 3.58. The Labute approximate surface area is 119 Å². The summed E-state index contributed by atoms with van der Waals surface area (Å²) in [5, 5.41) is 18.6. The first-order valence-corrected chi connectivity index (χ1v) is 6.62. The molecule has 2 aromatic rings. The van der Waals surface area contributed by atoms with Crippen molar-refractivity contribution in [3.05, 3.63) is 65.2 Å². The minimum absolute atomic E-state index is 0.420. The number of rotatable bonds is 5. The fraction of sp³-hybridized carbons (Fsp3) is 0.235. The molecule has 0 saturated carbocycles. The molecule has 0 radical (unpaired) electrons. The Balaban J connectivity index is 1.98. The third-order valence-electron chi connectivity index (χ3n) is 3.11. The van der Waals surface area contributed by atoms with Crippen LogP contribution in [0.4, 0.5) is 0 Å². The first kappa shape index (κ1) is 14.1. The van der Waals surface area contributed by atoms with Gasteiger partial charge < -0.3 is 9.84 Å². The van der Waals surface area contributed by atoms with E-state index in [0.29, 0.717) is 18.6 Å². The molecule has 0 spiro atoms. The molecule has 0 heterocycles. The number of nitriles is 1. The molecule has 3 nitrogen and oxygen atoms in total. The van der Waals surface area contributed by atoms with E-state index in [-0.39, 0.29) is 0 Å². The number of ether oxygens (including phenoxy) is 1. The molecule has 2 aromatic carbocycles. The van der Waals surface area contributed by atoms with Gasteiger partial charge in [0.1, 0.15) is 12.4 Å². The van der Waals surface area contributed by atoms with Crippen molar-refractivity contribution in [1.82, 2.24) is 0 Å². The van der Waals surface area contributed by atoms with Crippen molar-refractivity contribution in [2.45, 2.75) is 26.1 Å². The average Bonchev–Trinajstić information content (AvgIpc) is 2.53. The fourth-order valence-electron chi connectivity index (χ4n) is 1.92. The lowest BCUT2D eigenvalue weighted by molar-refractivity contribution is 0.173. The van der Waals surface area contributed by atoms with Gasteiger partial charge in [-0.2, -0.15) is 5.26 Å². The van der Waals surface area contributed by atoms with Crippen molar-refractivity contribution >= 4 is 0 Å². The Kier molecular flexibility index (Phi) is 4.75. The van der Waals surface area contributed by atoms with Gasteiger partial charge in [-0.3, -0.25) is 0 Å².